The summed E-state index contributed by atoms with van der Waals surface area (Å²) in [5.74, 6) is 0.0826. The van der Waals surface area contributed by atoms with Crippen molar-refractivity contribution in [2.24, 2.45) is 7.05 Å². The van der Waals surface area contributed by atoms with Gasteiger partial charge in [-0.3, -0.25) is 9.48 Å². The first-order valence-corrected chi connectivity index (χ1v) is 8.37. The average Bonchev–Trinajstić information content (AvgIpc) is 3.16. The molecule has 0 atom stereocenters. The minimum absolute atomic E-state index is 0.0556. The maximum absolute atomic E-state index is 12.7. The van der Waals surface area contributed by atoms with E-state index in [9.17, 15) is 4.79 Å². The van der Waals surface area contributed by atoms with E-state index in [1.165, 1.54) is 5.69 Å². The number of carbonyl (C=O) groups is 1. The number of aryl methyl sites for hydroxylation is 1. The molecule has 1 aromatic heterocycles. The van der Waals surface area contributed by atoms with E-state index >= 15 is 0 Å². The SMILES string of the molecule is Cn1nc(C(=O)N2CCCC2)c2c1CC1(CCNCC1)OC2. The lowest BCUT2D eigenvalue weighted by Gasteiger charge is -2.40. The number of fused-ring (bicyclic) bond motifs is 1. The van der Waals surface area contributed by atoms with E-state index in [0.29, 0.717) is 12.3 Å². The molecule has 2 fully saturated rings. The normalized spacial score (nSPS) is 23.8. The fraction of sp³-hybridized carbons (Fsp3) is 0.750. The predicted molar refractivity (Wildman–Crippen MR) is 81.7 cm³/mol. The molecule has 0 aromatic carbocycles. The van der Waals surface area contributed by atoms with Gasteiger partial charge in [-0.25, -0.2) is 0 Å². The Kier molecular flexibility index (Phi) is 3.46. The summed E-state index contributed by atoms with van der Waals surface area (Å²) in [7, 11) is 1.96. The molecule has 3 aliphatic rings. The van der Waals surface area contributed by atoms with E-state index in [4.69, 9.17) is 4.74 Å². The maximum atomic E-state index is 12.7. The van der Waals surface area contributed by atoms with E-state index in [-0.39, 0.29) is 11.5 Å². The highest BCUT2D eigenvalue weighted by atomic mass is 16.5. The van der Waals surface area contributed by atoms with Crippen LogP contribution in [0.4, 0.5) is 0 Å². The van der Waals surface area contributed by atoms with Crippen LogP contribution in [0.15, 0.2) is 0 Å². The first-order valence-electron chi connectivity index (χ1n) is 8.37. The van der Waals surface area contributed by atoms with Gasteiger partial charge in [0.05, 0.1) is 12.2 Å². The molecule has 6 heteroatoms. The monoisotopic (exact) mass is 304 g/mol. The van der Waals surface area contributed by atoms with Crippen LogP contribution in [0, 0.1) is 0 Å². The minimum atomic E-state index is -0.0556. The fourth-order valence-electron chi connectivity index (χ4n) is 4.00. The van der Waals surface area contributed by atoms with Crippen molar-refractivity contribution >= 4 is 5.91 Å². The lowest BCUT2D eigenvalue weighted by atomic mass is 9.84. The molecule has 1 spiro atoms. The molecule has 6 nitrogen and oxygen atoms in total. The Morgan fingerprint density at radius 2 is 2.00 bits per heavy atom. The Balaban J connectivity index is 1.62. The topological polar surface area (TPSA) is 59.4 Å². The van der Waals surface area contributed by atoms with E-state index in [1.807, 2.05) is 16.6 Å². The van der Waals surface area contributed by atoms with Crippen LogP contribution in [0.5, 0.6) is 0 Å². The van der Waals surface area contributed by atoms with Crippen LogP contribution in [0.3, 0.4) is 0 Å². The van der Waals surface area contributed by atoms with Gasteiger partial charge in [-0.2, -0.15) is 5.10 Å². The maximum Gasteiger partial charge on any atom is 0.274 e. The molecular formula is C16H24N4O2. The molecule has 3 aliphatic heterocycles. The third-order valence-corrected chi connectivity index (χ3v) is 5.40. The number of nitrogens with one attached hydrogen (secondary N) is 1. The van der Waals surface area contributed by atoms with Gasteiger partial charge in [0.1, 0.15) is 0 Å². The van der Waals surface area contributed by atoms with Gasteiger partial charge < -0.3 is 15.0 Å². The number of hydrogen-bond acceptors (Lipinski definition) is 4. The lowest BCUT2D eigenvalue weighted by Crippen LogP contribution is -2.47. The Bertz CT molecular complexity index is 583. The van der Waals surface area contributed by atoms with Crippen molar-refractivity contribution in [1.29, 1.82) is 0 Å². The summed E-state index contributed by atoms with van der Waals surface area (Å²) in [6, 6.07) is 0. The second-order valence-corrected chi connectivity index (χ2v) is 6.80. The van der Waals surface area contributed by atoms with Crippen LogP contribution in [0.25, 0.3) is 0 Å². The molecule has 1 N–H and O–H groups in total. The summed E-state index contributed by atoms with van der Waals surface area (Å²) in [6.07, 6.45) is 5.15. The highest BCUT2D eigenvalue weighted by molar-refractivity contribution is 5.94. The third kappa shape index (κ3) is 2.25. The standard InChI is InChI=1S/C16H24N4O2/c1-19-13-10-16(4-6-17-7-5-16)22-11-12(13)14(18-19)15(21)20-8-2-3-9-20/h17H,2-11H2,1H3. The van der Waals surface area contributed by atoms with Gasteiger partial charge in [-0.15, -0.1) is 0 Å². The van der Waals surface area contributed by atoms with E-state index in [2.05, 4.69) is 10.4 Å². The summed E-state index contributed by atoms with van der Waals surface area (Å²) in [4.78, 5) is 14.6. The van der Waals surface area contributed by atoms with E-state index in [0.717, 1.165) is 63.8 Å². The van der Waals surface area contributed by atoms with Gasteiger partial charge in [0, 0.05) is 37.8 Å². The van der Waals surface area contributed by atoms with Gasteiger partial charge in [0.2, 0.25) is 0 Å². The number of rotatable bonds is 1. The van der Waals surface area contributed by atoms with Crippen LogP contribution in [-0.4, -0.2) is 52.4 Å². The van der Waals surface area contributed by atoms with Crippen molar-refractivity contribution in [3.05, 3.63) is 17.0 Å². The van der Waals surface area contributed by atoms with Gasteiger partial charge in [-0.1, -0.05) is 0 Å². The van der Waals surface area contributed by atoms with Crippen molar-refractivity contribution < 1.29 is 9.53 Å². The molecule has 0 radical (unpaired) electrons. The van der Waals surface area contributed by atoms with Gasteiger partial charge >= 0.3 is 0 Å². The number of aromatic nitrogens is 2. The molecule has 0 aliphatic carbocycles. The first kappa shape index (κ1) is 14.2. The van der Waals surface area contributed by atoms with Crippen LogP contribution < -0.4 is 5.32 Å². The molecule has 120 valence electrons. The van der Waals surface area contributed by atoms with Crippen LogP contribution in [0.1, 0.15) is 47.4 Å². The van der Waals surface area contributed by atoms with E-state index < -0.39 is 0 Å². The minimum Gasteiger partial charge on any atom is -0.370 e. The molecule has 2 saturated heterocycles. The van der Waals surface area contributed by atoms with Crippen molar-refractivity contribution in [3.63, 3.8) is 0 Å². The summed E-state index contributed by atoms with van der Waals surface area (Å²) >= 11 is 0. The summed E-state index contributed by atoms with van der Waals surface area (Å²) in [6.45, 7) is 4.26. The van der Waals surface area contributed by atoms with Crippen molar-refractivity contribution in [3.8, 4) is 0 Å². The highest BCUT2D eigenvalue weighted by Gasteiger charge is 2.40. The second kappa shape index (κ2) is 5.35. The number of nitrogens with zero attached hydrogens (tertiary/aromatic N) is 3. The van der Waals surface area contributed by atoms with Crippen LogP contribution in [-0.2, 0) is 24.8 Å². The Morgan fingerprint density at radius 1 is 1.27 bits per heavy atom. The van der Waals surface area contributed by atoms with Crippen LogP contribution >= 0.6 is 0 Å². The smallest absolute Gasteiger partial charge is 0.274 e. The lowest BCUT2D eigenvalue weighted by molar-refractivity contribution is -0.0869. The molecule has 1 amide bonds. The molecule has 1 aromatic rings. The Morgan fingerprint density at radius 3 is 2.73 bits per heavy atom. The summed E-state index contributed by atoms with van der Waals surface area (Å²) in [5, 5.41) is 7.94. The summed E-state index contributed by atoms with van der Waals surface area (Å²) in [5.41, 5.74) is 2.77. The van der Waals surface area contributed by atoms with Gasteiger partial charge in [0.15, 0.2) is 5.69 Å². The van der Waals surface area contributed by atoms with Crippen LogP contribution in [0.2, 0.25) is 0 Å². The Hall–Kier alpha value is -1.40. The van der Waals surface area contributed by atoms with Crippen molar-refractivity contribution in [1.82, 2.24) is 20.0 Å². The molecular weight excluding hydrogens is 280 g/mol. The fourth-order valence-corrected chi connectivity index (χ4v) is 4.00. The number of carbonyl (C=O) groups excluding carboxylic acids is 1. The zero-order valence-electron chi connectivity index (χ0n) is 13.2. The van der Waals surface area contributed by atoms with Crippen molar-refractivity contribution in [2.45, 2.75) is 44.3 Å². The predicted octanol–water partition coefficient (Wildman–Crippen LogP) is 0.851. The number of likely N-dealkylation sites (tertiary alicyclic amines) is 1. The average molecular weight is 304 g/mol. The molecule has 0 saturated carbocycles. The Labute approximate surface area is 130 Å². The molecule has 0 bridgehead atoms. The number of hydrogen-bond donors (Lipinski definition) is 1. The number of ether oxygens (including phenoxy) is 1. The number of piperidine rings is 1. The van der Waals surface area contributed by atoms with Crippen molar-refractivity contribution in [2.75, 3.05) is 26.2 Å². The molecule has 4 heterocycles. The zero-order chi connectivity index (χ0) is 15.2. The van der Waals surface area contributed by atoms with Gasteiger partial charge in [-0.05, 0) is 38.8 Å². The first-order chi connectivity index (χ1) is 10.7. The molecule has 4 rings (SSSR count). The largest absolute Gasteiger partial charge is 0.370 e. The highest BCUT2D eigenvalue weighted by Crippen LogP contribution is 2.36. The molecule has 22 heavy (non-hydrogen) atoms. The van der Waals surface area contributed by atoms with E-state index in [1.54, 1.807) is 0 Å². The zero-order valence-corrected chi connectivity index (χ0v) is 13.2. The van der Waals surface area contributed by atoms with Gasteiger partial charge in [0.25, 0.3) is 5.91 Å². The number of amides is 1. The third-order valence-electron chi connectivity index (χ3n) is 5.40. The quantitative estimate of drug-likeness (QED) is 0.836. The second-order valence-electron chi connectivity index (χ2n) is 6.80. The molecule has 0 unspecified atom stereocenters. The summed E-state index contributed by atoms with van der Waals surface area (Å²) < 4.78 is 8.14.